The first kappa shape index (κ1) is 14.3. The molecule has 1 aromatic carbocycles. The third-order valence-corrected chi connectivity index (χ3v) is 3.96. The lowest BCUT2D eigenvalue weighted by Crippen LogP contribution is -2.13. The molecule has 0 saturated carbocycles. The van der Waals surface area contributed by atoms with E-state index in [4.69, 9.17) is 16.7 Å². The van der Waals surface area contributed by atoms with E-state index in [1.807, 2.05) is 0 Å². The van der Waals surface area contributed by atoms with Crippen LogP contribution in [-0.2, 0) is 10.0 Å². The minimum absolute atomic E-state index is 0.111. The highest BCUT2D eigenvalue weighted by molar-refractivity contribution is 7.92. The van der Waals surface area contributed by atoms with Crippen molar-refractivity contribution in [1.29, 1.82) is 0 Å². The minimum atomic E-state index is -3.89. The summed E-state index contributed by atoms with van der Waals surface area (Å²) in [6, 6.07) is 7.83. The van der Waals surface area contributed by atoms with Crippen LogP contribution in [-0.4, -0.2) is 24.5 Å². The van der Waals surface area contributed by atoms with Crippen molar-refractivity contribution < 1.29 is 18.3 Å². The Kier molecular flexibility index (Phi) is 3.91. The van der Waals surface area contributed by atoms with Crippen LogP contribution in [0.4, 0.5) is 5.69 Å². The van der Waals surface area contributed by atoms with Crippen molar-refractivity contribution in [3.8, 4) is 0 Å². The second-order valence-electron chi connectivity index (χ2n) is 3.81. The van der Waals surface area contributed by atoms with Gasteiger partial charge in [-0.2, -0.15) is 0 Å². The van der Waals surface area contributed by atoms with Crippen molar-refractivity contribution in [1.82, 2.24) is 4.98 Å². The van der Waals surface area contributed by atoms with Crippen LogP contribution < -0.4 is 4.72 Å². The Morgan fingerprint density at radius 2 is 2.00 bits per heavy atom. The minimum Gasteiger partial charge on any atom is -0.478 e. The molecule has 6 nitrogen and oxygen atoms in total. The highest BCUT2D eigenvalue weighted by atomic mass is 35.5. The molecular formula is C12H9ClN2O4S. The second-order valence-corrected chi connectivity index (χ2v) is 5.88. The number of carboxylic acid groups (broad SMARTS) is 1. The molecule has 0 radical (unpaired) electrons. The maximum Gasteiger partial charge on any atom is 0.335 e. The molecule has 8 heteroatoms. The zero-order chi connectivity index (χ0) is 14.8. The number of carbonyl (C=O) groups is 1. The molecule has 1 aromatic heterocycles. The van der Waals surface area contributed by atoms with Crippen LogP contribution in [0.2, 0.25) is 5.15 Å². The zero-order valence-electron chi connectivity index (χ0n) is 9.95. The van der Waals surface area contributed by atoms with E-state index in [1.165, 1.54) is 36.5 Å². The first-order chi connectivity index (χ1) is 9.38. The lowest BCUT2D eigenvalue weighted by Gasteiger charge is -2.08. The lowest BCUT2D eigenvalue weighted by atomic mass is 10.2. The number of hydrogen-bond acceptors (Lipinski definition) is 4. The van der Waals surface area contributed by atoms with E-state index in [-0.39, 0.29) is 21.3 Å². The number of aromatic carboxylic acids is 1. The first-order valence-corrected chi connectivity index (χ1v) is 7.22. The number of sulfonamides is 1. The van der Waals surface area contributed by atoms with E-state index in [2.05, 4.69) is 9.71 Å². The Morgan fingerprint density at radius 3 is 2.65 bits per heavy atom. The molecule has 0 bridgehead atoms. The second kappa shape index (κ2) is 5.48. The summed E-state index contributed by atoms with van der Waals surface area (Å²) in [6.45, 7) is 0. The standard InChI is InChI=1S/C12H9ClN2O4S/c13-11-7-9(4-5-14-11)15-20(18,19)10-3-1-2-8(6-10)12(16)17/h1-7H,(H,14,15)(H,16,17). The van der Waals surface area contributed by atoms with E-state index < -0.39 is 16.0 Å². The van der Waals surface area contributed by atoms with E-state index in [0.29, 0.717) is 0 Å². The molecule has 104 valence electrons. The van der Waals surface area contributed by atoms with Crippen molar-refractivity contribution in [2.45, 2.75) is 4.90 Å². The van der Waals surface area contributed by atoms with Gasteiger partial charge in [0.2, 0.25) is 0 Å². The molecule has 20 heavy (non-hydrogen) atoms. The normalized spacial score (nSPS) is 11.1. The average molecular weight is 313 g/mol. The Labute approximate surface area is 120 Å². The van der Waals surface area contributed by atoms with Gasteiger partial charge in [-0.15, -0.1) is 0 Å². The van der Waals surface area contributed by atoms with Gasteiger partial charge in [0.25, 0.3) is 10.0 Å². The van der Waals surface area contributed by atoms with Crippen LogP contribution in [0, 0.1) is 0 Å². The van der Waals surface area contributed by atoms with Crippen LogP contribution in [0.15, 0.2) is 47.5 Å². The first-order valence-electron chi connectivity index (χ1n) is 5.36. The topological polar surface area (TPSA) is 96.4 Å². The quantitative estimate of drug-likeness (QED) is 0.844. The fourth-order valence-electron chi connectivity index (χ4n) is 1.48. The van der Waals surface area contributed by atoms with Crippen molar-refractivity contribution in [3.05, 3.63) is 53.3 Å². The summed E-state index contributed by atoms with van der Waals surface area (Å²) < 4.78 is 26.5. The van der Waals surface area contributed by atoms with Gasteiger partial charge in [0.1, 0.15) is 5.15 Å². The van der Waals surface area contributed by atoms with Crippen molar-refractivity contribution >= 4 is 33.3 Å². The fourth-order valence-corrected chi connectivity index (χ4v) is 2.75. The largest absolute Gasteiger partial charge is 0.478 e. The molecule has 2 rings (SSSR count). The summed E-state index contributed by atoms with van der Waals surface area (Å²) in [5.41, 5.74) is 0.131. The summed E-state index contributed by atoms with van der Waals surface area (Å²) in [7, 11) is -3.89. The third kappa shape index (κ3) is 3.25. The molecule has 0 fully saturated rings. The maximum absolute atomic E-state index is 12.1. The van der Waals surface area contributed by atoms with Gasteiger partial charge in [-0.25, -0.2) is 18.2 Å². The van der Waals surface area contributed by atoms with Crippen LogP contribution in [0.25, 0.3) is 0 Å². The van der Waals surface area contributed by atoms with Gasteiger partial charge < -0.3 is 5.11 Å². The Balaban J connectivity index is 2.35. The summed E-state index contributed by atoms with van der Waals surface area (Å²) in [5, 5.41) is 9.00. The number of benzene rings is 1. The number of nitrogens with zero attached hydrogens (tertiary/aromatic N) is 1. The average Bonchev–Trinajstić information content (AvgIpc) is 2.38. The molecule has 0 amide bonds. The molecule has 0 atom stereocenters. The summed E-state index contributed by atoms with van der Waals surface area (Å²) in [5.74, 6) is -1.20. The molecule has 0 spiro atoms. The van der Waals surface area contributed by atoms with Gasteiger partial charge in [0, 0.05) is 6.20 Å². The highest BCUT2D eigenvalue weighted by Gasteiger charge is 2.16. The monoisotopic (exact) mass is 312 g/mol. The number of carboxylic acids is 1. The van der Waals surface area contributed by atoms with Gasteiger partial charge in [-0.05, 0) is 30.3 Å². The summed E-state index contributed by atoms with van der Waals surface area (Å²) >= 11 is 5.66. The Bertz CT molecular complexity index is 762. The van der Waals surface area contributed by atoms with Crippen LogP contribution in [0.3, 0.4) is 0 Å². The number of anilines is 1. The van der Waals surface area contributed by atoms with Gasteiger partial charge in [-0.3, -0.25) is 4.72 Å². The van der Waals surface area contributed by atoms with E-state index in [9.17, 15) is 13.2 Å². The third-order valence-electron chi connectivity index (χ3n) is 2.37. The Hall–Kier alpha value is -2.12. The lowest BCUT2D eigenvalue weighted by molar-refractivity contribution is 0.0696. The van der Waals surface area contributed by atoms with Gasteiger partial charge in [-0.1, -0.05) is 17.7 Å². The molecule has 2 aromatic rings. The smallest absolute Gasteiger partial charge is 0.335 e. The number of nitrogens with one attached hydrogen (secondary N) is 1. The highest BCUT2D eigenvalue weighted by Crippen LogP contribution is 2.18. The molecule has 0 aliphatic carbocycles. The van der Waals surface area contributed by atoms with E-state index >= 15 is 0 Å². The van der Waals surface area contributed by atoms with Crippen molar-refractivity contribution in [2.24, 2.45) is 0 Å². The molecule has 1 heterocycles. The fraction of sp³-hybridized carbons (Fsp3) is 0. The zero-order valence-corrected chi connectivity index (χ0v) is 11.5. The molecule has 0 saturated heterocycles. The Morgan fingerprint density at radius 1 is 1.25 bits per heavy atom. The maximum atomic E-state index is 12.1. The summed E-state index contributed by atoms with van der Waals surface area (Å²) in [4.78, 5) is 14.4. The van der Waals surface area contributed by atoms with E-state index in [0.717, 1.165) is 6.07 Å². The number of rotatable bonds is 4. The number of hydrogen-bond donors (Lipinski definition) is 2. The summed E-state index contributed by atoms with van der Waals surface area (Å²) in [6.07, 6.45) is 1.36. The van der Waals surface area contributed by atoms with Crippen LogP contribution in [0.5, 0.6) is 0 Å². The SMILES string of the molecule is O=C(O)c1cccc(S(=O)(=O)Nc2ccnc(Cl)c2)c1. The number of aromatic nitrogens is 1. The molecule has 0 aliphatic heterocycles. The van der Waals surface area contributed by atoms with Gasteiger partial charge in [0.15, 0.2) is 0 Å². The molecule has 2 N–H and O–H groups in total. The van der Waals surface area contributed by atoms with Gasteiger partial charge in [0.05, 0.1) is 16.1 Å². The number of pyridine rings is 1. The van der Waals surface area contributed by atoms with Crippen molar-refractivity contribution in [2.75, 3.05) is 4.72 Å². The van der Waals surface area contributed by atoms with Gasteiger partial charge >= 0.3 is 5.97 Å². The van der Waals surface area contributed by atoms with Crippen molar-refractivity contribution in [3.63, 3.8) is 0 Å². The predicted molar refractivity (Wildman–Crippen MR) is 73.5 cm³/mol. The van der Waals surface area contributed by atoms with Crippen LogP contribution in [0.1, 0.15) is 10.4 Å². The number of halogens is 1. The predicted octanol–water partition coefficient (Wildman–Crippen LogP) is 2.23. The molecule has 0 unspecified atom stereocenters. The van der Waals surface area contributed by atoms with E-state index in [1.54, 1.807) is 0 Å². The molecular weight excluding hydrogens is 304 g/mol. The molecule has 0 aliphatic rings. The van der Waals surface area contributed by atoms with Crippen LogP contribution >= 0.6 is 11.6 Å².